The summed E-state index contributed by atoms with van der Waals surface area (Å²) in [7, 11) is -3.63. The van der Waals surface area contributed by atoms with Crippen molar-refractivity contribution in [3.63, 3.8) is 0 Å². The van der Waals surface area contributed by atoms with Crippen LogP contribution < -0.4 is 10.0 Å². The van der Waals surface area contributed by atoms with Gasteiger partial charge >= 0.3 is 0 Å². The highest BCUT2D eigenvalue weighted by Gasteiger charge is 2.34. The minimum Gasteiger partial charge on any atom is -0.380 e. The Morgan fingerprint density at radius 3 is 2.95 bits per heavy atom. The van der Waals surface area contributed by atoms with Gasteiger partial charge < -0.3 is 10.1 Å². The molecule has 7 heteroatoms. The molecule has 0 radical (unpaired) electrons. The Morgan fingerprint density at radius 2 is 2.30 bits per heavy atom. The van der Waals surface area contributed by atoms with Gasteiger partial charge in [-0.1, -0.05) is 0 Å². The fourth-order valence-corrected chi connectivity index (χ4v) is 3.86. The number of rotatable bonds is 5. The average Bonchev–Trinajstić information content (AvgIpc) is 2.39. The van der Waals surface area contributed by atoms with Gasteiger partial charge in [-0.3, -0.25) is 0 Å². The Bertz CT molecular complexity index is 554. The van der Waals surface area contributed by atoms with Gasteiger partial charge in [-0.2, -0.15) is 0 Å². The second kappa shape index (κ2) is 6.07. The number of pyridine rings is 1. The first kappa shape index (κ1) is 15.2. The molecule has 112 valence electrons. The second-order valence-corrected chi connectivity index (χ2v) is 6.85. The van der Waals surface area contributed by atoms with Crippen LogP contribution in [-0.2, 0) is 14.8 Å². The molecular weight excluding hydrogens is 278 g/mol. The molecule has 1 aliphatic rings. The van der Waals surface area contributed by atoms with Crippen LogP contribution in [0.4, 0.5) is 5.82 Å². The lowest BCUT2D eigenvalue weighted by atomic mass is 9.97. The number of ether oxygens (including phenoxy) is 1. The fraction of sp³-hybridized carbons (Fsp3) is 0.615. The Balaban J connectivity index is 2.26. The molecule has 0 bridgehead atoms. The number of hydrogen-bond donors (Lipinski definition) is 2. The van der Waals surface area contributed by atoms with Crippen LogP contribution in [0, 0.1) is 0 Å². The molecular formula is C13H21N3O3S. The molecule has 1 unspecified atom stereocenters. The standard InChI is InChI=1S/C13H21N3O3S/c1-3-14-12-11(6-4-8-15-12)20(17,18)16-13(2)7-5-9-19-10-13/h4,6,8,16H,3,5,7,9-10H2,1-2H3,(H,14,15). The van der Waals surface area contributed by atoms with Gasteiger partial charge in [-0.05, 0) is 38.8 Å². The number of aromatic nitrogens is 1. The molecule has 2 rings (SSSR count). The molecule has 1 aromatic rings. The summed E-state index contributed by atoms with van der Waals surface area (Å²) in [6.45, 7) is 5.46. The molecule has 2 heterocycles. The van der Waals surface area contributed by atoms with E-state index in [9.17, 15) is 8.42 Å². The van der Waals surface area contributed by atoms with E-state index in [1.54, 1.807) is 18.3 Å². The molecule has 0 saturated carbocycles. The highest BCUT2D eigenvalue weighted by Crippen LogP contribution is 2.24. The topological polar surface area (TPSA) is 80.3 Å². The van der Waals surface area contributed by atoms with Gasteiger partial charge in [-0.15, -0.1) is 0 Å². The minimum atomic E-state index is -3.63. The molecule has 0 amide bonds. The molecule has 0 spiro atoms. The van der Waals surface area contributed by atoms with Crippen LogP contribution in [0.5, 0.6) is 0 Å². The molecule has 1 aliphatic heterocycles. The van der Waals surface area contributed by atoms with Crippen LogP contribution in [0.3, 0.4) is 0 Å². The highest BCUT2D eigenvalue weighted by molar-refractivity contribution is 7.89. The maximum absolute atomic E-state index is 12.6. The quantitative estimate of drug-likeness (QED) is 0.858. The van der Waals surface area contributed by atoms with Crippen LogP contribution in [0.2, 0.25) is 0 Å². The lowest BCUT2D eigenvalue weighted by Crippen LogP contribution is -2.51. The van der Waals surface area contributed by atoms with Gasteiger partial charge in [0.15, 0.2) is 0 Å². The van der Waals surface area contributed by atoms with E-state index in [0.29, 0.717) is 25.6 Å². The van der Waals surface area contributed by atoms with Crippen molar-refractivity contribution in [2.45, 2.75) is 37.1 Å². The van der Waals surface area contributed by atoms with Crippen molar-refractivity contribution in [2.75, 3.05) is 25.1 Å². The molecule has 0 aliphatic carbocycles. The summed E-state index contributed by atoms with van der Waals surface area (Å²) in [5.74, 6) is 0.378. The van der Waals surface area contributed by atoms with Crippen molar-refractivity contribution in [1.29, 1.82) is 0 Å². The van der Waals surface area contributed by atoms with Crippen molar-refractivity contribution in [1.82, 2.24) is 9.71 Å². The molecule has 1 atom stereocenters. The van der Waals surface area contributed by atoms with E-state index in [1.165, 1.54) is 0 Å². The third kappa shape index (κ3) is 3.47. The summed E-state index contributed by atoms with van der Waals surface area (Å²) in [5, 5.41) is 2.97. The number of hydrogen-bond acceptors (Lipinski definition) is 5. The van der Waals surface area contributed by atoms with Gasteiger partial charge in [0.25, 0.3) is 0 Å². The second-order valence-electron chi connectivity index (χ2n) is 5.20. The SMILES string of the molecule is CCNc1ncccc1S(=O)(=O)NC1(C)CCCOC1. The van der Waals surface area contributed by atoms with Crippen LogP contribution in [0.25, 0.3) is 0 Å². The zero-order valence-electron chi connectivity index (χ0n) is 11.8. The number of nitrogens with one attached hydrogen (secondary N) is 2. The summed E-state index contributed by atoms with van der Waals surface area (Å²) in [6, 6.07) is 3.18. The van der Waals surface area contributed by atoms with Crippen molar-refractivity contribution in [3.8, 4) is 0 Å². The van der Waals surface area contributed by atoms with Crippen molar-refractivity contribution < 1.29 is 13.2 Å². The predicted molar refractivity (Wildman–Crippen MR) is 77.2 cm³/mol. The minimum absolute atomic E-state index is 0.175. The Morgan fingerprint density at radius 1 is 1.50 bits per heavy atom. The molecule has 1 saturated heterocycles. The maximum Gasteiger partial charge on any atom is 0.244 e. The van der Waals surface area contributed by atoms with Gasteiger partial charge in [0, 0.05) is 19.3 Å². The van der Waals surface area contributed by atoms with E-state index < -0.39 is 15.6 Å². The summed E-state index contributed by atoms with van der Waals surface area (Å²) in [6.07, 6.45) is 3.19. The third-order valence-electron chi connectivity index (χ3n) is 3.22. The van der Waals surface area contributed by atoms with Crippen LogP contribution in [0.15, 0.2) is 23.2 Å². The molecule has 1 aromatic heterocycles. The number of sulfonamides is 1. The van der Waals surface area contributed by atoms with Crippen molar-refractivity contribution in [3.05, 3.63) is 18.3 Å². The lowest BCUT2D eigenvalue weighted by Gasteiger charge is -2.34. The maximum atomic E-state index is 12.6. The van der Waals surface area contributed by atoms with Gasteiger partial charge in [0.05, 0.1) is 12.1 Å². The summed E-state index contributed by atoms with van der Waals surface area (Å²) >= 11 is 0. The van der Waals surface area contributed by atoms with Crippen molar-refractivity contribution in [2.24, 2.45) is 0 Å². The van der Waals surface area contributed by atoms with E-state index in [-0.39, 0.29) is 4.90 Å². The molecule has 2 N–H and O–H groups in total. The smallest absolute Gasteiger partial charge is 0.244 e. The van der Waals surface area contributed by atoms with Crippen LogP contribution in [0.1, 0.15) is 26.7 Å². The Kier molecular flexibility index (Phi) is 4.62. The van der Waals surface area contributed by atoms with E-state index in [2.05, 4.69) is 15.0 Å². The summed E-state index contributed by atoms with van der Waals surface area (Å²) < 4.78 is 33.2. The van der Waals surface area contributed by atoms with E-state index in [4.69, 9.17) is 4.74 Å². The summed E-state index contributed by atoms with van der Waals surface area (Å²) in [4.78, 5) is 4.26. The first-order valence-electron chi connectivity index (χ1n) is 6.77. The Labute approximate surface area is 120 Å². The van der Waals surface area contributed by atoms with Gasteiger partial charge in [-0.25, -0.2) is 18.1 Å². The average molecular weight is 299 g/mol. The number of nitrogens with zero attached hydrogens (tertiary/aromatic N) is 1. The normalized spacial score (nSPS) is 23.5. The van der Waals surface area contributed by atoms with Gasteiger partial charge in [0.2, 0.25) is 10.0 Å². The zero-order chi connectivity index (χ0) is 14.6. The first-order chi connectivity index (χ1) is 9.47. The molecule has 6 nitrogen and oxygen atoms in total. The zero-order valence-corrected chi connectivity index (χ0v) is 12.7. The van der Waals surface area contributed by atoms with E-state index >= 15 is 0 Å². The monoisotopic (exact) mass is 299 g/mol. The molecule has 1 fully saturated rings. The van der Waals surface area contributed by atoms with Gasteiger partial charge in [0.1, 0.15) is 10.7 Å². The number of anilines is 1. The highest BCUT2D eigenvalue weighted by atomic mass is 32.2. The van der Waals surface area contributed by atoms with Crippen LogP contribution in [-0.4, -0.2) is 38.7 Å². The van der Waals surface area contributed by atoms with Crippen molar-refractivity contribution >= 4 is 15.8 Å². The molecule has 20 heavy (non-hydrogen) atoms. The largest absolute Gasteiger partial charge is 0.380 e. The van der Waals surface area contributed by atoms with E-state index in [0.717, 1.165) is 12.8 Å². The lowest BCUT2D eigenvalue weighted by molar-refractivity contribution is 0.0386. The van der Waals surface area contributed by atoms with E-state index in [1.807, 2.05) is 13.8 Å². The fourth-order valence-electron chi connectivity index (χ4n) is 2.30. The Hall–Kier alpha value is -1.18. The first-order valence-corrected chi connectivity index (χ1v) is 8.26. The van der Waals surface area contributed by atoms with Crippen LogP contribution >= 0.6 is 0 Å². The molecule has 0 aromatic carbocycles. The third-order valence-corrected chi connectivity index (χ3v) is 4.89. The predicted octanol–water partition coefficient (Wildman–Crippen LogP) is 1.36. The summed E-state index contributed by atoms with van der Waals surface area (Å²) in [5.41, 5.74) is -0.559.